The van der Waals surface area contributed by atoms with Gasteiger partial charge in [0.1, 0.15) is 4.90 Å². The van der Waals surface area contributed by atoms with Crippen molar-refractivity contribution >= 4 is 36.4 Å². The molecule has 10 heteroatoms. The smallest absolute Gasteiger partial charge is 0.273 e. The van der Waals surface area contributed by atoms with Gasteiger partial charge in [0.15, 0.2) is 5.69 Å². The van der Waals surface area contributed by atoms with E-state index in [9.17, 15) is 17.4 Å². The number of amides is 1. The van der Waals surface area contributed by atoms with Gasteiger partial charge in [-0.3, -0.25) is 14.1 Å². The van der Waals surface area contributed by atoms with E-state index < -0.39 is 25.8 Å². The molecule has 1 amide bonds. The lowest BCUT2D eigenvalue weighted by Gasteiger charge is -2.04. The van der Waals surface area contributed by atoms with Gasteiger partial charge in [-0.2, -0.15) is 5.10 Å². The van der Waals surface area contributed by atoms with Gasteiger partial charge in [0, 0.05) is 40.0 Å². The third-order valence-electron chi connectivity index (χ3n) is 2.50. The van der Waals surface area contributed by atoms with E-state index in [1.165, 1.54) is 0 Å². The maximum atomic E-state index is 11.9. The van der Waals surface area contributed by atoms with Gasteiger partial charge in [-0.05, 0) is 12.8 Å². The van der Waals surface area contributed by atoms with Crippen LogP contribution in [-0.4, -0.2) is 47.3 Å². The summed E-state index contributed by atoms with van der Waals surface area (Å²) < 4.78 is 33.9. The third kappa shape index (κ3) is 4.57. The fraction of sp³-hybridized carbons (Fsp3) is 0.600. The topological polar surface area (TPSA) is 109 Å². The molecule has 0 bridgehead atoms. The number of hydrogen-bond acceptors (Lipinski definition) is 5. The molecule has 0 aliphatic heterocycles. The molecule has 20 heavy (non-hydrogen) atoms. The average molecular weight is 342 g/mol. The van der Waals surface area contributed by atoms with Gasteiger partial charge >= 0.3 is 0 Å². The van der Waals surface area contributed by atoms with Crippen LogP contribution < -0.4 is 5.32 Å². The standard InChI is InChI=1S/C10H16ClN3O4S2/c1-3-7-9(20(11,17)18)8(14-13-7)10(15)12-5-4-6-19(2)16/h3-6H2,1-2H3,(H,12,15)(H,13,14). The quantitative estimate of drug-likeness (QED) is 0.551. The first-order chi connectivity index (χ1) is 9.27. The number of aryl methyl sites for hydroxylation is 1. The van der Waals surface area contributed by atoms with Crippen molar-refractivity contribution in [2.45, 2.75) is 24.7 Å². The van der Waals surface area contributed by atoms with Crippen molar-refractivity contribution in [2.24, 2.45) is 0 Å². The second-order valence-corrected chi connectivity index (χ2v) is 8.12. The van der Waals surface area contributed by atoms with Crippen LogP contribution in [0.3, 0.4) is 0 Å². The highest BCUT2D eigenvalue weighted by Gasteiger charge is 2.27. The summed E-state index contributed by atoms with van der Waals surface area (Å²) in [6, 6.07) is 0. The molecule has 7 nitrogen and oxygen atoms in total. The van der Waals surface area contributed by atoms with Gasteiger partial charge in [0.2, 0.25) is 0 Å². The zero-order valence-electron chi connectivity index (χ0n) is 11.1. The van der Waals surface area contributed by atoms with E-state index in [4.69, 9.17) is 10.7 Å². The number of halogens is 1. The number of hydrogen-bond donors (Lipinski definition) is 2. The molecule has 1 unspecified atom stereocenters. The number of carbonyl (C=O) groups is 1. The summed E-state index contributed by atoms with van der Waals surface area (Å²) >= 11 is 0. The number of aromatic amines is 1. The molecule has 1 aromatic rings. The highest BCUT2D eigenvalue weighted by molar-refractivity contribution is 8.13. The van der Waals surface area contributed by atoms with Gasteiger partial charge in [-0.1, -0.05) is 6.92 Å². The summed E-state index contributed by atoms with van der Waals surface area (Å²) in [5.41, 5.74) is 0.0503. The summed E-state index contributed by atoms with van der Waals surface area (Å²) in [7, 11) is 0.344. The predicted molar refractivity (Wildman–Crippen MR) is 76.9 cm³/mol. The Morgan fingerprint density at radius 3 is 2.65 bits per heavy atom. The average Bonchev–Trinajstić information content (AvgIpc) is 2.77. The summed E-state index contributed by atoms with van der Waals surface area (Å²) in [6.45, 7) is 2.01. The zero-order chi connectivity index (χ0) is 15.3. The Morgan fingerprint density at radius 2 is 2.15 bits per heavy atom. The molecule has 0 radical (unpaired) electrons. The lowest BCUT2D eigenvalue weighted by molar-refractivity contribution is 0.0945. The van der Waals surface area contributed by atoms with Crippen molar-refractivity contribution in [3.8, 4) is 0 Å². The van der Waals surface area contributed by atoms with E-state index in [2.05, 4.69) is 15.5 Å². The van der Waals surface area contributed by atoms with Crippen molar-refractivity contribution < 1.29 is 17.4 Å². The molecule has 0 saturated carbocycles. The molecule has 1 rings (SSSR count). The van der Waals surface area contributed by atoms with Crippen LogP contribution in [0, 0.1) is 0 Å². The SMILES string of the molecule is CCc1[nH]nc(C(=O)NCCCS(C)=O)c1S(=O)(=O)Cl. The number of rotatable bonds is 7. The highest BCUT2D eigenvalue weighted by Crippen LogP contribution is 2.22. The van der Waals surface area contributed by atoms with E-state index in [0.29, 0.717) is 24.3 Å². The predicted octanol–water partition coefficient (Wildman–Crippen LogP) is 0.398. The molecular formula is C10H16ClN3O4S2. The highest BCUT2D eigenvalue weighted by atomic mass is 35.7. The fourth-order valence-electron chi connectivity index (χ4n) is 1.59. The maximum absolute atomic E-state index is 11.9. The van der Waals surface area contributed by atoms with E-state index in [0.717, 1.165) is 0 Å². The summed E-state index contributed by atoms with van der Waals surface area (Å²) in [6.07, 6.45) is 2.46. The fourth-order valence-corrected chi connectivity index (χ4v) is 3.49. The molecule has 1 aromatic heterocycles. The summed E-state index contributed by atoms with van der Waals surface area (Å²) in [5, 5.41) is 8.73. The lowest BCUT2D eigenvalue weighted by Crippen LogP contribution is -2.27. The van der Waals surface area contributed by atoms with Crippen LogP contribution in [0.5, 0.6) is 0 Å². The Bertz CT molecular complexity index is 612. The molecule has 0 aliphatic rings. The van der Waals surface area contributed by atoms with Crippen molar-refractivity contribution in [2.75, 3.05) is 18.6 Å². The first-order valence-corrected chi connectivity index (χ1v) is 9.91. The Morgan fingerprint density at radius 1 is 1.50 bits per heavy atom. The molecule has 0 aromatic carbocycles. The van der Waals surface area contributed by atoms with Crippen LogP contribution in [0.4, 0.5) is 0 Å². The van der Waals surface area contributed by atoms with Gasteiger partial charge in [0.05, 0.1) is 5.69 Å². The number of nitrogens with one attached hydrogen (secondary N) is 2. The van der Waals surface area contributed by atoms with E-state index in [-0.39, 0.29) is 17.1 Å². The Labute approximate surface area is 124 Å². The molecule has 1 heterocycles. The third-order valence-corrected chi connectivity index (χ3v) is 4.75. The van der Waals surface area contributed by atoms with Crippen LogP contribution >= 0.6 is 10.7 Å². The Balaban J connectivity index is 2.84. The Kier molecular flexibility index (Phi) is 6.15. The van der Waals surface area contributed by atoms with Crippen molar-refractivity contribution in [3.05, 3.63) is 11.4 Å². The van der Waals surface area contributed by atoms with Crippen LogP contribution in [0.15, 0.2) is 4.90 Å². The second kappa shape index (κ2) is 7.19. The molecule has 1 atom stereocenters. The number of H-pyrrole nitrogens is 1. The van der Waals surface area contributed by atoms with Crippen molar-refractivity contribution in [1.29, 1.82) is 0 Å². The normalized spacial score (nSPS) is 13.2. The maximum Gasteiger partial charge on any atom is 0.273 e. The summed E-state index contributed by atoms with van der Waals surface area (Å²) in [4.78, 5) is 11.6. The minimum Gasteiger partial charge on any atom is -0.351 e. The minimum atomic E-state index is -4.05. The van der Waals surface area contributed by atoms with Gasteiger partial charge in [-0.15, -0.1) is 0 Å². The number of nitrogens with zero attached hydrogens (tertiary/aromatic N) is 1. The minimum absolute atomic E-state index is 0.241. The van der Waals surface area contributed by atoms with Crippen LogP contribution in [-0.2, 0) is 26.3 Å². The first-order valence-electron chi connectivity index (χ1n) is 5.87. The van der Waals surface area contributed by atoms with Crippen LogP contribution in [0.1, 0.15) is 29.5 Å². The molecule has 0 saturated heterocycles. The molecule has 0 fully saturated rings. The van der Waals surface area contributed by atoms with Crippen molar-refractivity contribution in [3.63, 3.8) is 0 Å². The Hall–Kier alpha value is -0.930. The molecule has 114 valence electrons. The van der Waals surface area contributed by atoms with E-state index >= 15 is 0 Å². The zero-order valence-corrected chi connectivity index (χ0v) is 13.5. The molecule has 0 spiro atoms. The van der Waals surface area contributed by atoms with E-state index in [1.54, 1.807) is 13.2 Å². The van der Waals surface area contributed by atoms with Crippen molar-refractivity contribution in [1.82, 2.24) is 15.5 Å². The lowest BCUT2D eigenvalue weighted by atomic mass is 10.3. The largest absolute Gasteiger partial charge is 0.351 e. The van der Waals surface area contributed by atoms with E-state index in [1.807, 2.05) is 0 Å². The number of aromatic nitrogens is 2. The van der Waals surface area contributed by atoms with Gasteiger partial charge in [0.25, 0.3) is 15.0 Å². The summed E-state index contributed by atoms with van der Waals surface area (Å²) in [5.74, 6) is -0.163. The van der Waals surface area contributed by atoms with Crippen LogP contribution in [0.2, 0.25) is 0 Å². The molecule has 2 N–H and O–H groups in total. The number of carbonyl (C=O) groups excluding carboxylic acids is 1. The second-order valence-electron chi connectivity index (χ2n) is 4.06. The monoisotopic (exact) mass is 341 g/mol. The molecule has 0 aliphatic carbocycles. The first kappa shape index (κ1) is 17.1. The van der Waals surface area contributed by atoms with Gasteiger partial charge < -0.3 is 5.32 Å². The molecular weight excluding hydrogens is 326 g/mol. The van der Waals surface area contributed by atoms with Crippen LogP contribution in [0.25, 0.3) is 0 Å². The van der Waals surface area contributed by atoms with Gasteiger partial charge in [-0.25, -0.2) is 8.42 Å².